The van der Waals surface area contributed by atoms with Crippen LogP contribution in [0, 0.1) is 10.1 Å². The van der Waals surface area contributed by atoms with E-state index in [1.54, 1.807) is 0 Å². The van der Waals surface area contributed by atoms with Crippen molar-refractivity contribution in [3.05, 3.63) is 72.4 Å². The molecule has 1 aromatic carbocycles. The molecule has 28 heavy (non-hydrogen) atoms. The van der Waals surface area contributed by atoms with E-state index in [0.717, 1.165) is 15.2 Å². The molecule has 0 spiro atoms. The Bertz CT molecular complexity index is 1090. The van der Waals surface area contributed by atoms with E-state index in [1.165, 1.54) is 44.4 Å². The van der Waals surface area contributed by atoms with Gasteiger partial charge >= 0.3 is 11.7 Å². The Morgan fingerprint density at radius 1 is 1.18 bits per heavy atom. The minimum Gasteiger partial charge on any atom is -0.454 e. The topological polar surface area (TPSA) is 157 Å². The van der Waals surface area contributed by atoms with Crippen LogP contribution in [0.3, 0.4) is 0 Å². The van der Waals surface area contributed by atoms with Gasteiger partial charge in [0.1, 0.15) is 11.4 Å². The van der Waals surface area contributed by atoms with Crippen LogP contribution in [0.25, 0.3) is 6.08 Å². The molecule has 0 amide bonds. The largest absolute Gasteiger partial charge is 0.454 e. The monoisotopic (exact) mass is 388 g/mol. The van der Waals surface area contributed by atoms with Gasteiger partial charge in [-0.1, -0.05) is 0 Å². The molecule has 2 aromatic rings. The van der Waals surface area contributed by atoms with E-state index in [2.05, 4.69) is 0 Å². The number of ether oxygens (including phenoxy) is 1. The van der Waals surface area contributed by atoms with Crippen LogP contribution in [0.2, 0.25) is 0 Å². The van der Waals surface area contributed by atoms with Gasteiger partial charge in [-0.05, 0) is 23.8 Å². The molecule has 11 nitrogen and oxygen atoms in total. The van der Waals surface area contributed by atoms with Crippen molar-refractivity contribution in [1.82, 2.24) is 9.13 Å². The summed E-state index contributed by atoms with van der Waals surface area (Å²) in [6.07, 6.45) is 2.37. The second-order valence-corrected chi connectivity index (χ2v) is 5.68. The molecule has 2 rings (SSSR count). The summed E-state index contributed by atoms with van der Waals surface area (Å²) < 4.78 is 6.44. The van der Waals surface area contributed by atoms with Crippen LogP contribution in [-0.4, -0.2) is 32.4 Å². The molecule has 0 bridgehead atoms. The number of esters is 1. The second-order valence-electron chi connectivity index (χ2n) is 5.68. The SMILES string of the molecule is Cn1c(N)c(C(=O)COC(=O)C=Cc2ccc([N+](=O)[O-])cc2)c(=O)n(C)c1=O. The molecule has 0 radical (unpaired) electrons. The number of nitro groups is 1. The summed E-state index contributed by atoms with van der Waals surface area (Å²) in [5.74, 6) is -2.05. The predicted octanol–water partition coefficient (Wildman–Crippen LogP) is 0.0137. The maximum Gasteiger partial charge on any atom is 0.332 e. The van der Waals surface area contributed by atoms with Crippen LogP contribution in [0.15, 0.2) is 39.9 Å². The molecule has 0 saturated heterocycles. The molecule has 0 unspecified atom stereocenters. The molecule has 0 aliphatic heterocycles. The molecule has 2 N–H and O–H groups in total. The minimum atomic E-state index is -0.886. The van der Waals surface area contributed by atoms with Crippen molar-refractivity contribution in [2.24, 2.45) is 14.1 Å². The van der Waals surface area contributed by atoms with Gasteiger partial charge in [-0.2, -0.15) is 0 Å². The smallest absolute Gasteiger partial charge is 0.332 e. The van der Waals surface area contributed by atoms with E-state index in [0.29, 0.717) is 5.56 Å². The number of aromatic nitrogens is 2. The molecule has 0 aliphatic carbocycles. The summed E-state index contributed by atoms with van der Waals surface area (Å²) in [5, 5.41) is 10.6. The number of Topliss-reactive ketones (excluding diaryl/α,β-unsaturated/α-hetero) is 1. The predicted molar refractivity (Wildman–Crippen MR) is 98.8 cm³/mol. The summed E-state index contributed by atoms with van der Waals surface area (Å²) in [6, 6.07) is 5.41. The van der Waals surface area contributed by atoms with E-state index in [4.69, 9.17) is 10.5 Å². The molecular formula is C17H16N4O7. The van der Waals surface area contributed by atoms with E-state index < -0.39 is 40.1 Å². The van der Waals surface area contributed by atoms with Gasteiger partial charge in [-0.25, -0.2) is 9.59 Å². The molecule has 11 heteroatoms. The van der Waals surface area contributed by atoms with Crippen molar-refractivity contribution in [2.75, 3.05) is 12.3 Å². The molecule has 0 atom stereocenters. The zero-order valence-electron chi connectivity index (χ0n) is 14.9. The maximum absolute atomic E-state index is 12.2. The van der Waals surface area contributed by atoms with Gasteiger partial charge in [0.25, 0.3) is 11.2 Å². The first kappa shape index (κ1) is 20.3. The number of benzene rings is 1. The Morgan fingerprint density at radius 3 is 2.36 bits per heavy atom. The lowest BCUT2D eigenvalue weighted by atomic mass is 10.2. The summed E-state index contributed by atoms with van der Waals surface area (Å²) in [6.45, 7) is -0.749. The van der Waals surface area contributed by atoms with Crippen LogP contribution in [0.4, 0.5) is 11.5 Å². The molecule has 1 heterocycles. The third-order valence-corrected chi connectivity index (χ3v) is 3.85. The van der Waals surface area contributed by atoms with Crippen LogP contribution in [0.1, 0.15) is 15.9 Å². The van der Waals surface area contributed by atoms with E-state index >= 15 is 0 Å². The fourth-order valence-electron chi connectivity index (χ4n) is 2.25. The number of hydrogen-bond donors (Lipinski definition) is 1. The Balaban J connectivity index is 2.07. The highest BCUT2D eigenvalue weighted by Gasteiger charge is 2.21. The highest BCUT2D eigenvalue weighted by Crippen LogP contribution is 2.13. The lowest BCUT2D eigenvalue weighted by Gasteiger charge is -2.10. The van der Waals surface area contributed by atoms with Crippen LogP contribution < -0.4 is 17.0 Å². The van der Waals surface area contributed by atoms with Crippen molar-refractivity contribution in [3.63, 3.8) is 0 Å². The first-order valence-electron chi connectivity index (χ1n) is 7.81. The Kier molecular flexibility index (Phi) is 5.88. The van der Waals surface area contributed by atoms with Crippen molar-refractivity contribution in [3.8, 4) is 0 Å². The molecule has 146 valence electrons. The van der Waals surface area contributed by atoms with Crippen molar-refractivity contribution in [1.29, 1.82) is 0 Å². The number of rotatable bonds is 6. The zero-order chi connectivity index (χ0) is 21.0. The van der Waals surface area contributed by atoms with Gasteiger partial charge in [0, 0.05) is 32.3 Å². The molecule has 0 aliphatic rings. The van der Waals surface area contributed by atoms with Gasteiger partial charge in [0.2, 0.25) is 5.78 Å². The number of nitrogens with zero attached hydrogens (tertiary/aromatic N) is 3. The van der Waals surface area contributed by atoms with E-state index in [-0.39, 0.29) is 11.5 Å². The normalized spacial score (nSPS) is 10.8. The number of ketones is 1. The van der Waals surface area contributed by atoms with E-state index in [1.807, 2.05) is 0 Å². The van der Waals surface area contributed by atoms with Crippen LogP contribution >= 0.6 is 0 Å². The number of nitrogen functional groups attached to an aromatic ring is 1. The van der Waals surface area contributed by atoms with Gasteiger partial charge in [-0.3, -0.25) is 28.8 Å². The Labute approximate surface area is 157 Å². The van der Waals surface area contributed by atoms with Gasteiger partial charge in [-0.15, -0.1) is 0 Å². The minimum absolute atomic E-state index is 0.0956. The first-order chi connectivity index (χ1) is 13.1. The van der Waals surface area contributed by atoms with Crippen molar-refractivity contribution < 1.29 is 19.2 Å². The molecule has 0 fully saturated rings. The Hall–Kier alpha value is -4.02. The second kappa shape index (κ2) is 8.12. The summed E-state index contributed by atoms with van der Waals surface area (Å²) in [4.78, 5) is 57.8. The highest BCUT2D eigenvalue weighted by atomic mass is 16.6. The van der Waals surface area contributed by atoms with Crippen LogP contribution in [0.5, 0.6) is 0 Å². The number of hydrogen-bond acceptors (Lipinski definition) is 8. The number of non-ortho nitro benzene ring substituents is 1. The van der Waals surface area contributed by atoms with Gasteiger partial charge < -0.3 is 10.5 Å². The lowest BCUT2D eigenvalue weighted by Crippen LogP contribution is -2.42. The number of nitro benzene ring substituents is 1. The van der Waals surface area contributed by atoms with Gasteiger partial charge in [0.05, 0.1) is 4.92 Å². The zero-order valence-corrected chi connectivity index (χ0v) is 14.9. The number of carbonyl (C=O) groups is 2. The quantitative estimate of drug-likeness (QED) is 0.238. The molecular weight excluding hydrogens is 372 g/mol. The number of carbonyl (C=O) groups excluding carboxylic acids is 2. The first-order valence-corrected chi connectivity index (χ1v) is 7.81. The van der Waals surface area contributed by atoms with Crippen molar-refractivity contribution in [2.45, 2.75) is 0 Å². The number of anilines is 1. The standard InChI is InChI=1S/C17H16N4O7/c1-19-15(18)14(16(24)20(2)17(19)25)12(22)9-28-13(23)8-5-10-3-6-11(7-4-10)21(26)27/h3-8H,9,18H2,1-2H3. The van der Waals surface area contributed by atoms with Gasteiger partial charge in [0.15, 0.2) is 6.61 Å². The fourth-order valence-corrected chi connectivity index (χ4v) is 2.25. The molecule has 1 aromatic heterocycles. The number of nitrogens with two attached hydrogens (primary N) is 1. The Morgan fingerprint density at radius 2 is 1.79 bits per heavy atom. The highest BCUT2D eigenvalue weighted by molar-refractivity contribution is 6.01. The summed E-state index contributed by atoms with van der Waals surface area (Å²) in [5.41, 5.74) is 4.04. The summed E-state index contributed by atoms with van der Waals surface area (Å²) >= 11 is 0. The third-order valence-electron chi connectivity index (χ3n) is 3.85. The van der Waals surface area contributed by atoms with E-state index in [9.17, 15) is 29.3 Å². The third kappa shape index (κ3) is 4.20. The average molecular weight is 388 g/mol. The average Bonchev–Trinajstić information content (AvgIpc) is 2.68. The maximum atomic E-state index is 12.2. The fraction of sp³-hybridized carbons (Fsp3) is 0.176. The molecule has 0 saturated carbocycles. The van der Waals surface area contributed by atoms with Crippen LogP contribution in [-0.2, 0) is 23.6 Å². The lowest BCUT2D eigenvalue weighted by molar-refractivity contribution is -0.384. The van der Waals surface area contributed by atoms with Crippen molar-refractivity contribution >= 4 is 29.3 Å². The summed E-state index contributed by atoms with van der Waals surface area (Å²) in [7, 11) is 2.49.